The largest absolute Gasteiger partial charge is 0.416 e. The molecule has 0 spiro atoms. The molecule has 2 aromatic rings. The molecule has 1 atom stereocenters. The van der Waals surface area contributed by atoms with Crippen molar-refractivity contribution in [2.45, 2.75) is 25.6 Å². The van der Waals surface area contributed by atoms with Crippen LogP contribution in [0.3, 0.4) is 0 Å². The summed E-state index contributed by atoms with van der Waals surface area (Å²) >= 11 is 0. The van der Waals surface area contributed by atoms with E-state index < -0.39 is 17.8 Å². The Bertz CT molecular complexity index is 564. The third kappa shape index (κ3) is 3.54. The van der Waals surface area contributed by atoms with E-state index in [4.69, 9.17) is 0 Å². The molecule has 0 saturated heterocycles. The second-order valence-corrected chi connectivity index (χ2v) is 4.50. The van der Waals surface area contributed by atoms with Gasteiger partial charge in [0, 0.05) is 12.6 Å². The Hall–Kier alpha value is -1.95. The number of benzene rings is 1. The molecule has 0 aliphatic rings. The first-order valence-electron chi connectivity index (χ1n) is 5.99. The minimum absolute atomic E-state index is 0.190. The maximum atomic E-state index is 12.4. The molecule has 0 aliphatic carbocycles. The molecule has 106 valence electrons. The molecule has 0 amide bonds. The van der Waals surface area contributed by atoms with Gasteiger partial charge in [0.05, 0.1) is 23.1 Å². The number of aliphatic hydroxyl groups is 1. The monoisotopic (exact) mass is 282 g/mol. The number of rotatable bonds is 3. The number of halogens is 3. The fourth-order valence-corrected chi connectivity index (χ4v) is 1.73. The van der Waals surface area contributed by atoms with Crippen LogP contribution in [0.2, 0.25) is 0 Å². The SMILES string of the molecule is Cc1cnc(C(O)Cc2ccc(C(F)(F)F)cc2)cn1. The second-order valence-electron chi connectivity index (χ2n) is 4.50. The molecule has 1 N–H and O–H groups in total. The average molecular weight is 282 g/mol. The lowest BCUT2D eigenvalue weighted by molar-refractivity contribution is -0.137. The van der Waals surface area contributed by atoms with Crippen molar-refractivity contribution in [1.82, 2.24) is 9.97 Å². The van der Waals surface area contributed by atoms with Crippen molar-refractivity contribution in [3.8, 4) is 0 Å². The van der Waals surface area contributed by atoms with Crippen molar-refractivity contribution < 1.29 is 18.3 Å². The number of aryl methyl sites for hydroxylation is 1. The number of hydrogen-bond acceptors (Lipinski definition) is 3. The van der Waals surface area contributed by atoms with Crippen molar-refractivity contribution in [3.63, 3.8) is 0 Å². The van der Waals surface area contributed by atoms with E-state index in [9.17, 15) is 18.3 Å². The zero-order valence-corrected chi connectivity index (χ0v) is 10.7. The number of alkyl halides is 3. The van der Waals surface area contributed by atoms with Crippen LogP contribution in [0, 0.1) is 6.92 Å². The number of nitrogens with zero attached hydrogens (tertiary/aromatic N) is 2. The first-order chi connectivity index (χ1) is 9.36. The van der Waals surface area contributed by atoms with Crippen LogP contribution in [0.5, 0.6) is 0 Å². The van der Waals surface area contributed by atoms with E-state index in [0.29, 0.717) is 11.3 Å². The topological polar surface area (TPSA) is 46.0 Å². The van der Waals surface area contributed by atoms with Gasteiger partial charge in [-0.3, -0.25) is 9.97 Å². The highest BCUT2D eigenvalue weighted by atomic mass is 19.4. The minimum atomic E-state index is -4.35. The molecule has 20 heavy (non-hydrogen) atoms. The Balaban J connectivity index is 2.08. The van der Waals surface area contributed by atoms with Crippen LogP contribution in [-0.2, 0) is 12.6 Å². The molecular formula is C14H13F3N2O. The third-order valence-electron chi connectivity index (χ3n) is 2.85. The molecule has 6 heteroatoms. The zero-order valence-electron chi connectivity index (χ0n) is 10.7. The molecule has 1 aromatic heterocycles. The van der Waals surface area contributed by atoms with Gasteiger partial charge < -0.3 is 5.11 Å². The fourth-order valence-electron chi connectivity index (χ4n) is 1.73. The van der Waals surface area contributed by atoms with Crippen molar-refractivity contribution in [1.29, 1.82) is 0 Å². The van der Waals surface area contributed by atoms with Crippen molar-refractivity contribution in [3.05, 3.63) is 59.2 Å². The number of aromatic nitrogens is 2. The van der Waals surface area contributed by atoms with Gasteiger partial charge in [-0.2, -0.15) is 13.2 Å². The van der Waals surface area contributed by atoms with E-state index in [1.54, 1.807) is 6.92 Å². The molecule has 1 heterocycles. The molecule has 0 bridgehead atoms. The van der Waals surface area contributed by atoms with Gasteiger partial charge in [0.25, 0.3) is 0 Å². The average Bonchev–Trinajstić information content (AvgIpc) is 2.39. The molecule has 1 unspecified atom stereocenters. The Morgan fingerprint density at radius 3 is 2.25 bits per heavy atom. The van der Waals surface area contributed by atoms with Crippen LogP contribution in [-0.4, -0.2) is 15.1 Å². The Labute approximate surface area is 114 Å². The summed E-state index contributed by atoms with van der Waals surface area (Å²) in [7, 11) is 0. The lowest BCUT2D eigenvalue weighted by Crippen LogP contribution is -2.07. The van der Waals surface area contributed by atoms with Crippen molar-refractivity contribution in [2.75, 3.05) is 0 Å². The quantitative estimate of drug-likeness (QED) is 0.941. The number of aliphatic hydroxyl groups excluding tert-OH is 1. The first kappa shape index (κ1) is 14.5. The summed E-state index contributed by atoms with van der Waals surface area (Å²) in [5.74, 6) is 0. The number of hydrogen-bond donors (Lipinski definition) is 1. The molecular weight excluding hydrogens is 269 g/mol. The summed E-state index contributed by atoms with van der Waals surface area (Å²) in [5, 5.41) is 9.97. The molecule has 2 rings (SSSR count). The van der Waals surface area contributed by atoms with Gasteiger partial charge in [-0.25, -0.2) is 0 Å². The predicted octanol–water partition coefficient (Wildman–Crippen LogP) is 3.08. The van der Waals surface area contributed by atoms with Crippen LogP contribution in [0.15, 0.2) is 36.7 Å². The lowest BCUT2D eigenvalue weighted by atomic mass is 10.0. The smallest absolute Gasteiger partial charge is 0.386 e. The van der Waals surface area contributed by atoms with Crippen LogP contribution in [0.4, 0.5) is 13.2 Å². The maximum Gasteiger partial charge on any atom is 0.416 e. The van der Waals surface area contributed by atoms with Crippen molar-refractivity contribution >= 4 is 0 Å². The summed E-state index contributed by atoms with van der Waals surface area (Å²) in [5.41, 5.74) is 1.03. The van der Waals surface area contributed by atoms with E-state index in [-0.39, 0.29) is 6.42 Å². The van der Waals surface area contributed by atoms with Gasteiger partial charge in [-0.15, -0.1) is 0 Å². The molecule has 0 fully saturated rings. The van der Waals surface area contributed by atoms with Gasteiger partial charge in [0.2, 0.25) is 0 Å². The summed E-state index contributed by atoms with van der Waals surface area (Å²) in [4.78, 5) is 8.06. The first-order valence-corrected chi connectivity index (χ1v) is 5.99. The van der Waals surface area contributed by atoms with Gasteiger partial charge in [-0.05, 0) is 24.6 Å². The van der Waals surface area contributed by atoms with E-state index in [1.165, 1.54) is 24.5 Å². The molecule has 0 radical (unpaired) electrons. The second kappa shape index (κ2) is 5.58. The Morgan fingerprint density at radius 1 is 1.10 bits per heavy atom. The van der Waals surface area contributed by atoms with Crippen molar-refractivity contribution in [2.24, 2.45) is 0 Å². The predicted molar refractivity (Wildman–Crippen MR) is 66.9 cm³/mol. The van der Waals surface area contributed by atoms with E-state index in [2.05, 4.69) is 9.97 Å². The van der Waals surface area contributed by atoms with E-state index >= 15 is 0 Å². The highest BCUT2D eigenvalue weighted by Gasteiger charge is 2.30. The van der Waals surface area contributed by atoms with Crippen LogP contribution in [0.1, 0.15) is 28.6 Å². The van der Waals surface area contributed by atoms with Crippen LogP contribution < -0.4 is 0 Å². The summed E-state index contributed by atoms with van der Waals surface area (Å²) in [6.45, 7) is 1.78. The fraction of sp³-hybridized carbons (Fsp3) is 0.286. The lowest BCUT2D eigenvalue weighted by Gasteiger charge is -2.11. The highest BCUT2D eigenvalue weighted by Crippen LogP contribution is 2.29. The van der Waals surface area contributed by atoms with Gasteiger partial charge in [-0.1, -0.05) is 12.1 Å². The van der Waals surface area contributed by atoms with E-state index in [0.717, 1.165) is 17.8 Å². The van der Waals surface area contributed by atoms with Crippen LogP contribution in [0.25, 0.3) is 0 Å². The molecule has 3 nitrogen and oxygen atoms in total. The van der Waals surface area contributed by atoms with Crippen LogP contribution >= 0.6 is 0 Å². The standard InChI is InChI=1S/C14H13F3N2O/c1-9-7-19-12(8-18-9)13(20)6-10-2-4-11(5-3-10)14(15,16)17/h2-5,7-8,13,20H,6H2,1H3. The summed E-state index contributed by atoms with van der Waals surface area (Å²) in [6, 6.07) is 4.72. The van der Waals surface area contributed by atoms with Gasteiger partial charge >= 0.3 is 6.18 Å². The van der Waals surface area contributed by atoms with Gasteiger partial charge in [0.15, 0.2) is 0 Å². The zero-order chi connectivity index (χ0) is 14.8. The highest BCUT2D eigenvalue weighted by molar-refractivity contribution is 5.25. The Morgan fingerprint density at radius 2 is 1.75 bits per heavy atom. The normalized spacial score (nSPS) is 13.2. The molecule has 0 saturated carbocycles. The maximum absolute atomic E-state index is 12.4. The van der Waals surface area contributed by atoms with E-state index in [1.807, 2.05) is 0 Å². The Kier molecular flexibility index (Phi) is 4.04. The minimum Gasteiger partial charge on any atom is -0.386 e. The molecule has 0 aliphatic heterocycles. The summed E-state index contributed by atoms with van der Waals surface area (Å²) < 4.78 is 37.3. The third-order valence-corrected chi connectivity index (χ3v) is 2.85. The van der Waals surface area contributed by atoms with Gasteiger partial charge in [0.1, 0.15) is 6.10 Å². The molecule has 1 aromatic carbocycles. The summed E-state index contributed by atoms with van der Waals surface area (Å²) in [6.07, 6.45) is -2.05.